The van der Waals surface area contributed by atoms with Gasteiger partial charge in [-0.15, -0.1) is 10.2 Å². The number of nitrogens with two attached hydrogens (primary N) is 1. The van der Waals surface area contributed by atoms with Crippen molar-refractivity contribution in [2.75, 3.05) is 6.54 Å². The average Bonchev–Trinajstić information content (AvgIpc) is 2.92. The third kappa shape index (κ3) is 4.05. The van der Waals surface area contributed by atoms with Gasteiger partial charge in [-0.2, -0.15) is 0 Å². The van der Waals surface area contributed by atoms with Crippen molar-refractivity contribution in [3.8, 4) is 0 Å². The summed E-state index contributed by atoms with van der Waals surface area (Å²) < 4.78 is 2.35. The summed E-state index contributed by atoms with van der Waals surface area (Å²) in [4.78, 5) is 0. The highest BCUT2D eigenvalue weighted by Gasteiger charge is 2.20. The van der Waals surface area contributed by atoms with Gasteiger partial charge in [0.15, 0.2) is 0 Å². The molecule has 1 aliphatic rings. The molecule has 1 unspecified atom stereocenters. The smallest absolute Gasteiger partial charge is 0.133 e. The number of hydrogen-bond acceptors (Lipinski definition) is 3. The topological polar surface area (TPSA) is 56.7 Å². The fourth-order valence-electron chi connectivity index (χ4n) is 3.45. The predicted octanol–water partition coefficient (Wildman–Crippen LogP) is 3.34. The molecule has 1 aromatic heterocycles. The first-order valence-electron chi connectivity index (χ1n) is 8.30. The lowest BCUT2D eigenvalue weighted by Gasteiger charge is -2.25. The van der Waals surface area contributed by atoms with Crippen molar-refractivity contribution in [3.63, 3.8) is 0 Å². The Morgan fingerprint density at radius 3 is 2.65 bits per heavy atom. The molecule has 1 atom stereocenters. The van der Waals surface area contributed by atoms with E-state index in [0.29, 0.717) is 17.9 Å². The second kappa shape index (κ2) is 7.77. The Kier molecular flexibility index (Phi) is 6.02. The van der Waals surface area contributed by atoms with E-state index in [-0.39, 0.29) is 0 Å². The highest BCUT2D eigenvalue weighted by Crippen LogP contribution is 2.29. The van der Waals surface area contributed by atoms with E-state index in [0.717, 1.165) is 19.4 Å². The van der Waals surface area contributed by atoms with Gasteiger partial charge in [-0.3, -0.25) is 0 Å². The average molecular weight is 278 g/mol. The quantitative estimate of drug-likeness (QED) is 0.832. The van der Waals surface area contributed by atoms with Crippen LogP contribution in [0.15, 0.2) is 6.33 Å². The number of aryl methyl sites for hydroxylation is 1. The van der Waals surface area contributed by atoms with E-state index in [4.69, 9.17) is 5.73 Å². The maximum Gasteiger partial charge on any atom is 0.133 e. The number of rotatable bonds is 7. The lowest BCUT2D eigenvalue weighted by molar-refractivity contribution is 0.322. The Bertz CT molecular complexity index is 380. The maximum absolute atomic E-state index is 5.73. The van der Waals surface area contributed by atoms with Crippen molar-refractivity contribution < 1.29 is 0 Å². The van der Waals surface area contributed by atoms with Crippen molar-refractivity contribution in [1.29, 1.82) is 0 Å². The first-order chi connectivity index (χ1) is 9.72. The van der Waals surface area contributed by atoms with Crippen LogP contribution in [0, 0.1) is 11.8 Å². The molecule has 0 amide bonds. The van der Waals surface area contributed by atoms with Gasteiger partial charge in [-0.05, 0) is 44.1 Å². The molecule has 2 rings (SSSR count). The Balaban J connectivity index is 1.94. The van der Waals surface area contributed by atoms with Crippen molar-refractivity contribution in [2.45, 2.75) is 71.3 Å². The molecule has 1 aliphatic carbocycles. The van der Waals surface area contributed by atoms with E-state index < -0.39 is 0 Å². The molecule has 2 N–H and O–H groups in total. The van der Waals surface area contributed by atoms with Gasteiger partial charge >= 0.3 is 0 Å². The van der Waals surface area contributed by atoms with Crippen molar-refractivity contribution >= 4 is 0 Å². The minimum absolute atomic E-state index is 0.640. The molecule has 4 heteroatoms. The molecule has 1 aromatic rings. The molecule has 114 valence electrons. The first kappa shape index (κ1) is 15.5. The molecular formula is C16H30N4. The maximum atomic E-state index is 5.73. The fraction of sp³-hybridized carbons (Fsp3) is 0.875. The van der Waals surface area contributed by atoms with Gasteiger partial charge in [0.2, 0.25) is 0 Å². The normalized spacial score (nSPS) is 18.6. The minimum Gasteiger partial charge on any atom is -0.330 e. The highest BCUT2D eigenvalue weighted by atomic mass is 15.3. The minimum atomic E-state index is 0.640. The Labute approximate surface area is 123 Å². The molecular weight excluding hydrogens is 248 g/mol. The molecule has 0 spiro atoms. The summed E-state index contributed by atoms with van der Waals surface area (Å²) in [7, 11) is 0. The third-order valence-corrected chi connectivity index (χ3v) is 4.83. The monoisotopic (exact) mass is 278 g/mol. The van der Waals surface area contributed by atoms with Gasteiger partial charge in [0.05, 0.1) is 0 Å². The second-order valence-electron chi connectivity index (χ2n) is 6.57. The molecule has 4 nitrogen and oxygen atoms in total. The summed E-state index contributed by atoms with van der Waals surface area (Å²) in [6.07, 6.45) is 12.0. The molecule has 1 fully saturated rings. The summed E-state index contributed by atoms with van der Waals surface area (Å²) >= 11 is 0. The summed E-state index contributed by atoms with van der Waals surface area (Å²) in [6, 6.07) is 0.640. The van der Waals surface area contributed by atoms with Gasteiger partial charge < -0.3 is 10.3 Å². The Morgan fingerprint density at radius 1 is 1.25 bits per heavy atom. The zero-order valence-corrected chi connectivity index (χ0v) is 13.1. The summed E-state index contributed by atoms with van der Waals surface area (Å²) in [6.45, 7) is 5.39. The van der Waals surface area contributed by atoms with Crippen molar-refractivity contribution in [3.05, 3.63) is 12.2 Å². The second-order valence-corrected chi connectivity index (χ2v) is 6.57. The van der Waals surface area contributed by atoms with Crippen LogP contribution in [-0.4, -0.2) is 21.3 Å². The van der Waals surface area contributed by atoms with Gasteiger partial charge in [-0.1, -0.05) is 33.1 Å². The Hall–Kier alpha value is -0.900. The number of aromatic nitrogens is 3. The molecule has 0 bridgehead atoms. The summed E-state index contributed by atoms with van der Waals surface area (Å²) in [5.41, 5.74) is 5.73. The zero-order valence-electron chi connectivity index (χ0n) is 13.1. The molecule has 20 heavy (non-hydrogen) atoms. The van der Waals surface area contributed by atoms with Crippen molar-refractivity contribution in [2.24, 2.45) is 17.6 Å². The van der Waals surface area contributed by atoms with E-state index in [1.54, 1.807) is 0 Å². The highest BCUT2D eigenvalue weighted by molar-refractivity contribution is 4.91. The zero-order chi connectivity index (χ0) is 14.4. The SMILES string of the molecule is CC(C)C(CCN)CCc1nncn1C1CCCCC1. The van der Waals surface area contributed by atoms with Crippen LogP contribution in [0.4, 0.5) is 0 Å². The molecule has 0 saturated heterocycles. The number of hydrogen-bond donors (Lipinski definition) is 1. The van der Waals surface area contributed by atoms with E-state index in [1.165, 1.54) is 44.3 Å². The standard InChI is InChI=1S/C16H30N4/c1-13(2)14(10-11-17)8-9-16-19-18-12-20(16)15-6-4-3-5-7-15/h12-15H,3-11,17H2,1-2H3. The van der Waals surface area contributed by atoms with Crippen LogP contribution in [0.1, 0.15) is 70.7 Å². The van der Waals surface area contributed by atoms with E-state index in [2.05, 4.69) is 28.6 Å². The van der Waals surface area contributed by atoms with E-state index >= 15 is 0 Å². The van der Waals surface area contributed by atoms with Crippen molar-refractivity contribution in [1.82, 2.24) is 14.8 Å². The Morgan fingerprint density at radius 2 is 2.00 bits per heavy atom. The van der Waals surface area contributed by atoms with Crippen LogP contribution in [0.2, 0.25) is 0 Å². The van der Waals surface area contributed by atoms with Crippen LogP contribution in [0.5, 0.6) is 0 Å². The summed E-state index contributed by atoms with van der Waals surface area (Å²) in [5.74, 6) is 2.58. The van der Waals surface area contributed by atoms with Crippen LogP contribution in [-0.2, 0) is 6.42 Å². The van der Waals surface area contributed by atoms with Crippen LogP contribution in [0.25, 0.3) is 0 Å². The van der Waals surface area contributed by atoms with E-state index in [1.807, 2.05) is 6.33 Å². The van der Waals surface area contributed by atoms with E-state index in [9.17, 15) is 0 Å². The molecule has 0 radical (unpaired) electrons. The summed E-state index contributed by atoms with van der Waals surface area (Å²) in [5, 5.41) is 8.52. The van der Waals surface area contributed by atoms with Crippen LogP contribution < -0.4 is 5.73 Å². The fourth-order valence-corrected chi connectivity index (χ4v) is 3.45. The molecule has 1 saturated carbocycles. The van der Waals surface area contributed by atoms with Gasteiger partial charge in [0, 0.05) is 12.5 Å². The lowest BCUT2D eigenvalue weighted by atomic mass is 9.88. The van der Waals surface area contributed by atoms with Gasteiger partial charge in [0.1, 0.15) is 12.2 Å². The largest absolute Gasteiger partial charge is 0.330 e. The van der Waals surface area contributed by atoms with Gasteiger partial charge in [0.25, 0.3) is 0 Å². The molecule has 0 aromatic carbocycles. The lowest BCUT2D eigenvalue weighted by Crippen LogP contribution is -2.18. The van der Waals surface area contributed by atoms with Crippen LogP contribution >= 0.6 is 0 Å². The molecule has 0 aliphatic heterocycles. The van der Waals surface area contributed by atoms with Gasteiger partial charge in [-0.25, -0.2) is 0 Å². The third-order valence-electron chi connectivity index (χ3n) is 4.83. The first-order valence-corrected chi connectivity index (χ1v) is 8.30. The molecule has 1 heterocycles. The predicted molar refractivity (Wildman–Crippen MR) is 82.5 cm³/mol. The van der Waals surface area contributed by atoms with Crippen LogP contribution in [0.3, 0.4) is 0 Å². The number of nitrogens with zero attached hydrogens (tertiary/aromatic N) is 3.